The summed E-state index contributed by atoms with van der Waals surface area (Å²) in [6.07, 6.45) is 0. The fraction of sp³-hybridized carbons (Fsp3) is 0.417. The number of amides is 2. The fourth-order valence-corrected chi connectivity index (χ4v) is 3.92. The minimum Gasteiger partial charge on any atom is -0.338 e. The topological polar surface area (TPSA) is 53.9 Å². The predicted molar refractivity (Wildman–Crippen MR) is 118 cm³/mol. The van der Waals surface area contributed by atoms with Gasteiger partial charge in [0.25, 0.3) is 11.8 Å². The Morgan fingerprint density at radius 1 is 1.00 bits per heavy atom. The average molecular weight is 397 g/mol. The average Bonchev–Trinajstić information content (AvgIpc) is 2.66. The van der Waals surface area contributed by atoms with Crippen molar-refractivity contribution in [2.75, 3.05) is 32.0 Å². The number of rotatable bonds is 8. The highest BCUT2D eigenvalue weighted by atomic mass is 16.2. The van der Waals surface area contributed by atoms with Crippen molar-refractivity contribution in [2.45, 2.75) is 40.7 Å². The number of anilines is 1. The fourth-order valence-electron chi connectivity index (χ4n) is 3.92. The Labute approximate surface area is 174 Å². The molecule has 0 aliphatic carbocycles. The molecule has 0 saturated carbocycles. The Morgan fingerprint density at radius 2 is 1.55 bits per heavy atom. The Hall–Kier alpha value is -2.66. The van der Waals surface area contributed by atoms with Gasteiger partial charge in [0.05, 0.1) is 7.05 Å². The lowest BCUT2D eigenvalue weighted by molar-refractivity contribution is -0.894. The van der Waals surface area contributed by atoms with Crippen molar-refractivity contribution in [1.82, 2.24) is 4.90 Å². The minimum atomic E-state index is -0.415. The molecule has 2 N–H and O–H groups in total. The molecular weight excluding hydrogens is 362 g/mol. The number of carbonyl (C=O) groups excluding carboxylic acids is 2. The van der Waals surface area contributed by atoms with Crippen LogP contribution in [0.25, 0.3) is 0 Å². The molecule has 0 bridgehead atoms. The molecule has 156 valence electrons. The number of quaternary nitrogens is 1. The summed E-state index contributed by atoms with van der Waals surface area (Å²) in [6.45, 7) is 11.5. The van der Waals surface area contributed by atoms with Crippen LogP contribution in [0.5, 0.6) is 0 Å². The molecule has 0 spiro atoms. The first-order valence-corrected chi connectivity index (χ1v) is 10.3. The van der Waals surface area contributed by atoms with Crippen molar-refractivity contribution in [3.63, 3.8) is 0 Å². The predicted octanol–water partition coefficient (Wildman–Crippen LogP) is 2.67. The van der Waals surface area contributed by atoms with Gasteiger partial charge in [-0.3, -0.25) is 9.59 Å². The summed E-state index contributed by atoms with van der Waals surface area (Å²) in [6, 6.07) is 13.4. The van der Waals surface area contributed by atoms with E-state index in [1.807, 2.05) is 76.9 Å². The van der Waals surface area contributed by atoms with Crippen molar-refractivity contribution >= 4 is 17.5 Å². The van der Waals surface area contributed by atoms with E-state index >= 15 is 0 Å². The van der Waals surface area contributed by atoms with Gasteiger partial charge in [0.2, 0.25) is 0 Å². The number of nitrogens with zero attached hydrogens (tertiary/aromatic N) is 1. The molecule has 0 fully saturated rings. The smallest absolute Gasteiger partial charge is 0.285 e. The van der Waals surface area contributed by atoms with E-state index in [1.165, 1.54) is 5.56 Å². The van der Waals surface area contributed by atoms with E-state index < -0.39 is 6.04 Å². The third kappa shape index (κ3) is 5.67. The molecule has 2 aromatic rings. The van der Waals surface area contributed by atoms with Gasteiger partial charge in [-0.25, -0.2) is 0 Å². The molecule has 0 aliphatic rings. The van der Waals surface area contributed by atoms with Crippen LogP contribution >= 0.6 is 0 Å². The number of nitrogens with one attached hydrogen (secondary N) is 2. The van der Waals surface area contributed by atoms with Gasteiger partial charge in [-0.05, 0) is 45.7 Å². The lowest BCUT2D eigenvalue weighted by Gasteiger charge is -2.29. The van der Waals surface area contributed by atoms with E-state index in [0.717, 1.165) is 27.3 Å². The second-order valence-electron chi connectivity index (χ2n) is 7.70. The summed E-state index contributed by atoms with van der Waals surface area (Å²) in [5.41, 5.74) is 5.06. The molecule has 0 aliphatic heterocycles. The SMILES string of the molecule is CCN(CC)C(=O)[C@H](c1ccccc1)[NH+](C)CC(=O)Nc1c(C)cc(C)cc1C. The summed E-state index contributed by atoms with van der Waals surface area (Å²) >= 11 is 0. The third-order valence-corrected chi connectivity index (χ3v) is 5.33. The Balaban J connectivity index is 2.22. The highest BCUT2D eigenvalue weighted by Crippen LogP contribution is 2.21. The van der Waals surface area contributed by atoms with E-state index in [0.29, 0.717) is 13.1 Å². The maximum Gasteiger partial charge on any atom is 0.285 e. The first kappa shape index (κ1) is 22.6. The molecule has 0 heterocycles. The van der Waals surface area contributed by atoms with Gasteiger partial charge >= 0.3 is 0 Å². The number of aryl methyl sites for hydroxylation is 3. The van der Waals surface area contributed by atoms with E-state index in [9.17, 15) is 9.59 Å². The second-order valence-corrected chi connectivity index (χ2v) is 7.70. The number of hydrogen-bond acceptors (Lipinski definition) is 2. The van der Waals surface area contributed by atoms with Crippen LogP contribution in [-0.4, -0.2) is 43.4 Å². The second kappa shape index (κ2) is 10.2. The lowest BCUT2D eigenvalue weighted by Crippen LogP contribution is -3.11. The van der Waals surface area contributed by atoms with Crippen LogP contribution < -0.4 is 10.2 Å². The van der Waals surface area contributed by atoms with Crippen LogP contribution in [0.15, 0.2) is 42.5 Å². The maximum atomic E-state index is 13.2. The first-order valence-electron chi connectivity index (χ1n) is 10.3. The van der Waals surface area contributed by atoms with Gasteiger partial charge in [0.1, 0.15) is 0 Å². The first-order chi connectivity index (χ1) is 13.8. The monoisotopic (exact) mass is 396 g/mol. The van der Waals surface area contributed by atoms with Crippen LogP contribution in [-0.2, 0) is 9.59 Å². The number of benzene rings is 2. The van der Waals surface area contributed by atoms with Crippen molar-refractivity contribution in [3.05, 3.63) is 64.7 Å². The van der Waals surface area contributed by atoms with E-state index in [2.05, 4.69) is 17.4 Å². The maximum absolute atomic E-state index is 13.2. The summed E-state index contributed by atoms with van der Waals surface area (Å²) in [5.74, 6) is -0.0416. The van der Waals surface area contributed by atoms with Crippen LogP contribution in [0.4, 0.5) is 5.69 Å². The largest absolute Gasteiger partial charge is 0.338 e. The van der Waals surface area contributed by atoms with Gasteiger partial charge in [0.15, 0.2) is 12.6 Å². The Kier molecular flexibility index (Phi) is 7.97. The molecule has 0 aromatic heterocycles. The van der Waals surface area contributed by atoms with Gasteiger partial charge in [-0.1, -0.05) is 48.0 Å². The highest BCUT2D eigenvalue weighted by molar-refractivity contribution is 5.93. The van der Waals surface area contributed by atoms with Crippen LogP contribution in [0, 0.1) is 20.8 Å². The zero-order valence-electron chi connectivity index (χ0n) is 18.5. The molecule has 2 aromatic carbocycles. The molecule has 0 saturated heterocycles. The zero-order chi connectivity index (χ0) is 21.6. The summed E-state index contributed by atoms with van der Waals surface area (Å²) < 4.78 is 0. The van der Waals surface area contributed by atoms with Crippen molar-refractivity contribution in [3.8, 4) is 0 Å². The molecule has 5 heteroatoms. The van der Waals surface area contributed by atoms with Gasteiger partial charge < -0.3 is 15.1 Å². The number of likely N-dealkylation sites (N-methyl/N-ethyl adjacent to an activating group) is 2. The zero-order valence-corrected chi connectivity index (χ0v) is 18.5. The van der Waals surface area contributed by atoms with Crippen LogP contribution in [0.2, 0.25) is 0 Å². The standard InChI is InChI=1S/C24H33N3O2/c1-7-27(8-2)24(29)23(20-12-10-9-11-13-20)26(6)16-21(28)25-22-18(4)14-17(3)15-19(22)5/h9-15,23H,7-8,16H2,1-6H3,(H,25,28)/p+1/t23-/m0/s1. The van der Waals surface area contributed by atoms with E-state index in [-0.39, 0.29) is 18.4 Å². The van der Waals surface area contributed by atoms with Crippen LogP contribution in [0.1, 0.15) is 42.1 Å². The molecule has 2 atom stereocenters. The molecule has 1 unspecified atom stereocenters. The van der Waals surface area contributed by atoms with Gasteiger partial charge in [-0.2, -0.15) is 0 Å². The van der Waals surface area contributed by atoms with E-state index in [4.69, 9.17) is 0 Å². The number of hydrogen-bond donors (Lipinski definition) is 2. The molecular formula is C24H34N3O2+. The third-order valence-electron chi connectivity index (χ3n) is 5.33. The molecule has 2 amide bonds. The quantitative estimate of drug-likeness (QED) is 0.721. The molecule has 29 heavy (non-hydrogen) atoms. The lowest BCUT2D eigenvalue weighted by atomic mass is 10.0. The van der Waals surface area contributed by atoms with E-state index in [1.54, 1.807) is 0 Å². The molecule has 0 radical (unpaired) electrons. The molecule has 5 nitrogen and oxygen atoms in total. The Bertz CT molecular complexity index is 821. The number of carbonyl (C=O) groups is 2. The van der Waals surface area contributed by atoms with Crippen molar-refractivity contribution in [2.24, 2.45) is 0 Å². The van der Waals surface area contributed by atoms with Gasteiger partial charge in [-0.15, -0.1) is 0 Å². The van der Waals surface area contributed by atoms with Crippen LogP contribution in [0.3, 0.4) is 0 Å². The van der Waals surface area contributed by atoms with Gasteiger partial charge in [0, 0.05) is 24.3 Å². The Morgan fingerprint density at radius 3 is 2.07 bits per heavy atom. The summed E-state index contributed by atoms with van der Waals surface area (Å²) in [7, 11) is 1.91. The molecule has 2 rings (SSSR count). The highest BCUT2D eigenvalue weighted by Gasteiger charge is 2.33. The van der Waals surface area contributed by atoms with Crippen molar-refractivity contribution in [1.29, 1.82) is 0 Å². The van der Waals surface area contributed by atoms with Crippen molar-refractivity contribution < 1.29 is 14.5 Å². The minimum absolute atomic E-state index is 0.0502. The normalized spacial score (nSPS) is 12.9. The summed E-state index contributed by atoms with van der Waals surface area (Å²) in [4.78, 5) is 28.7. The summed E-state index contributed by atoms with van der Waals surface area (Å²) in [5, 5.41) is 3.05.